The van der Waals surface area contributed by atoms with E-state index in [1.165, 1.54) is 11.1 Å². The average Bonchev–Trinajstić information content (AvgIpc) is 2.99. The Balaban J connectivity index is 1.64. The van der Waals surface area contributed by atoms with E-state index in [-0.39, 0.29) is 36.0 Å². The highest BCUT2D eigenvalue weighted by atomic mass is 32.2. The SMILES string of the molecule is CCc1ccc(N2C(=O)CN(Cc3ccc(C)cc3)[C@H]3CS(=O)(=O)C[C@H]32)cc1. The summed E-state index contributed by atoms with van der Waals surface area (Å²) < 4.78 is 24.9. The molecule has 0 aromatic heterocycles. The van der Waals surface area contributed by atoms with Crippen molar-refractivity contribution in [3.8, 4) is 0 Å². The van der Waals surface area contributed by atoms with E-state index in [1.807, 2.05) is 60.4 Å². The first kappa shape index (κ1) is 19.2. The van der Waals surface area contributed by atoms with E-state index in [4.69, 9.17) is 0 Å². The Morgan fingerprint density at radius 1 is 0.929 bits per heavy atom. The molecule has 2 atom stereocenters. The van der Waals surface area contributed by atoms with Crippen LogP contribution in [-0.4, -0.2) is 49.4 Å². The zero-order valence-corrected chi connectivity index (χ0v) is 17.2. The number of benzene rings is 2. The Hall–Kier alpha value is -2.18. The monoisotopic (exact) mass is 398 g/mol. The third kappa shape index (κ3) is 3.71. The summed E-state index contributed by atoms with van der Waals surface area (Å²) in [6, 6.07) is 15.6. The van der Waals surface area contributed by atoms with E-state index in [0.717, 1.165) is 17.7 Å². The zero-order chi connectivity index (χ0) is 19.9. The molecule has 4 rings (SSSR count). The summed E-state index contributed by atoms with van der Waals surface area (Å²) in [5.74, 6) is 0.110. The molecular formula is C22H26N2O3S. The lowest BCUT2D eigenvalue weighted by Crippen LogP contribution is -2.61. The highest BCUT2D eigenvalue weighted by Gasteiger charge is 2.49. The first-order valence-electron chi connectivity index (χ1n) is 9.77. The number of nitrogens with zero attached hydrogens (tertiary/aromatic N) is 2. The number of amides is 1. The molecule has 0 N–H and O–H groups in total. The Morgan fingerprint density at radius 2 is 1.54 bits per heavy atom. The van der Waals surface area contributed by atoms with Gasteiger partial charge in [-0.2, -0.15) is 0 Å². The second-order valence-corrected chi connectivity index (χ2v) is 10.0. The van der Waals surface area contributed by atoms with Gasteiger partial charge in [0, 0.05) is 18.3 Å². The van der Waals surface area contributed by atoms with Gasteiger partial charge in [0.1, 0.15) is 0 Å². The molecule has 28 heavy (non-hydrogen) atoms. The molecule has 0 aliphatic carbocycles. The molecule has 0 spiro atoms. The molecule has 2 aliphatic heterocycles. The lowest BCUT2D eigenvalue weighted by molar-refractivity contribution is -0.123. The quantitative estimate of drug-likeness (QED) is 0.794. The van der Waals surface area contributed by atoms with Gasteiger partial charge >= 0.3 is 0 Å². The van der Waals surface area contributed by atoms with Gasteiger partial charge in [-0.05, 0) is 36.6 Å². The fourth-order valence-corrected chi connectivity index (χ4v) is 6.27. The first-order valence-corrected chi connectivity index (χ1v) is 11.6. The van der Waals surface area contributed by atoms with Crippen molar-refractivity contribution in [2.75, 3.05) is 23.0 Å². The lowest BCUT2D eigenvalue weighted by Gasteiger charge is -2.43. The lowest BCUT2D eigenvalue weighted by atomic mass is 10.0. The topological polar surface area (TPSA) is 57.7 Å². The third-order valence-corrected chi connectivity index (χ3v) is 7.53. The van der Waals surface area contributed by atoms with Gasteiger partial charge in [0.05, 0.1) is 24.1 Å². The minimum absolute atomic E-state index is 0.0311. The van der Waals surface area contributed by atoms with Crippen molar-refractivity contribution in [3.63, 3.8) is 0 Å². The van der Waals surface area contributed by atoms with Crippen LogP contribution >= 0.6 is 0 Å². The van der Waals surface area contributed by atoms with Crippen LogP contribution in [0.15, 0.2) is 48.5 Å². The summed E-state index contributed by atoms with van der Waals surface area (Å²) in [4.78, 5) is 16.8. The molecule has 2 fully saturated rings. The van der Waals surface area contributed by atoms with Crippen LogP contribution in [0.5, 0.6) is 0 Å². The molecule has 2 aromatic carbocycles. The van der Waals surface area contributed by atoms with Crippen LogP contribution in [-0.2, 0) is 27.6 Å². The van der Waals surface area contributed by atoms with Crippen LogP contribution in [0.3, 0.4) is 0 Å². The summed E-state index contributed by atoms with van der Waals surface area (Å²) in [5.41, 5.74) is 4.28. The number of anilines is 1. The summed E-state index contributed by atoms with van der Waals surface area (Å²) in [7, 11) is -3.17. The van der Waals surface area contributed by atoms with Gasteiger partial charge < -0.3 is 4.90 Å². The van der Waals surface area contributed by atoms with Crippen molar-refractivity contribution in [2.45, 2.75) is 38.9 Å². The van der Waals surface area contributed by atoms with Gasteiger partial charge in [0.2, 0.25) is 5.91 Å². The summed E-state index contributed by atoms with van der Waals surface area (Å²) >= 11 is 0. The zero-order valence-electron chi connectivity index (χ0n) is 16.3. The predicted octanol–water partition coefficient (Wildman–Crippen LogP) is 2.57. The van der Waals surface area contributed by atoms with E-state index >= 15 is 0 Å². The molecule has 2 aromatic rings. The number of rotatable bonds is 4. The molecule has 148 valence electrons. The molecule has 0 unspecified atom stereocenters. The van der Waals surface area contributed by atoms with Crippen molar-refractivity contribution in [3.05, 3.63) is 65.2 Å². The normalized spacial score (nSPS) is 24.4. The Labute approximate surface area is 166 Å². The van der Waals surface area contributed by atoms with Gasteiger partial charge in [-0.1, -0.05) is 48.9 Å². The maximum absolute atomic E-state index is 13.0. The van der Waals surface area contributed by atoms with Crippen LogP contribution < -0.4 is 4.90 Å². The van der Waals surface area contributed by atoms with E-state index in [1.54, 1.807) is 4.90 Å². The van der Waals surface area contributed by atoms with Crippen molar-refractivity contribution < 1.29 is 13.2 Å². The number of piperazine rings is 1. The standard InChI is InChI=1S/C22H26N2O3S/c1-3-17-8-10-19(11-9-17)24-21-15-28(26,27)14-20(21)23(13-22(24)25)12-18-6-4-16(2)5-7-18/h4-11,20-21H,3,12-15H2,1-2H3/t20-,21+/m0/s1. The Morgan fingerprint density at radius 3 is 2.18 bits per heavy atom. The molecule has 2 heterocycles. The van der Waals surface area contributed by atoms with Gasteiger partial charge in [-0.25, -0.2) is 8.42 Å². The minimum Gasteiger partial charge on any atom is -0.306 e. The van der Waals surface area contributed by atoms with Crippen LogP contribution in [0.25, 0.3) is 0 Å². The average molecular weight is 399 g/mol. The molecule has 2 saturated heterocycles. The fraction of sp³-hybridized carbons (Fsp3) is 0.409. The molecule has 0 saturated carbocycles. The molecule has 0 bridgehead atoms. The minimum atomic E-state index is -3.17. The predicted molar refractivity (Wildman–Crippen MR) is 111 cm³/mol. The number of hydrogen-bond acceptors (Lipinski definition) is 4. The van der Waals surface area contributed by atoms with Crippen molar-refractivity contribution in [1.29, 1.82) is 0 Å². The van der Waals surface area contributed by atoms with E-state index in [2.05, 4.69) is 6.92 Å². The molecule has 1 amide bonds. The second-order valence-electron chi connectivity index (χ2n) is 7.89. The van der Waals surface area contributed by atoms with Crippen LogP contribution in [0, 0.1) is 6.92 Å². The van der Waals surface area contributed by atoms with Gasteiger partial charge in [0.25, 0.3) is 0 Å². The van der Waals surface area contributed by atoms with Gasteiger partial charge in [-0.3, -0.25) is 9.69 Å². The second kappa shape index (κ2) is 7.33. The smallest absolute Gasteiger partial charge is 0.241 e. The van der Waals surface area contributed by atoms with E-state index < -0.39 is 9.84 Å². The summed E-state index contributed by atoms with van der Waals surface area (Å²) in [6.45, 7) is 4.95. The number of sulfone groups is 1. The maximum atomic E-state index is 13.0. The number of hydrogen-bond donors (Lipinski definition) is 0. The number of carbonyl (C=O) groups is 1. The summed E-state index contributed by atoms with van der Waals surface area (Å²) in [5, 5.41) is 0. The molecular weight excluding hydrogens is 372 g/mol. The van der Waals surface area contributed by atoms with E-state index in [0.29, 0.717) is 6.54 Å². The number of carbonyl (C=O) groups excluding carboxylic acids is 1. The van der Waals surface area contributed by atoms with Crippen LogP contribution in [0.2, 0.25) is 0 Å². The molecule has 2 aliphatic rings. The van der Waals surface area contributed by atoms with E-state index in [9.17, 15) is 13.2 Å². The Bertz CT molecular complexity index is 968. The highest BCUT2D eigenvalue weighted by Crippen LogP contribution is 2.32. The van der Waals surface area contributed by atoms with Crippen molar-refractivity contribution in [1.82, 2.24) is 4.90 Å². The van der Waals surface area contributed by atoms with Gasteiger partial charge in [-0.15, -0.1) is 0 Å². The van der Waals surface area contributed by atoms with Crippen molar-refractivity contribution >= 4 is 21.4 Å². The van der Waals surface area contributed by atoms with Crippen LogP contribution in [0.1, 0.15) is 23.6 Å². The third-order valence-electron chi connectivity index (χ3n) is 5.83. The fourth-order valence-electron chi connectivity index (χ4n) is 4.29. The Kier molecular flexibility index (Phi) is 5.02. The first-order chi connectivity index (χ1) is 13.4. The largest absolute Gasteiger partial charge is 0.306 e. The maximum Gasteiger partial charge on any atom is 0.241 e. The van der Waals surface area contributed by atoms with Crippen molar-refractivity contribution in [2.24, 2.45) is 0 Å². The highest BCUT2D eigenvalue weighted by molar-refractivity contribution is 7.91. The summed E-state index contributed by atoms with van der Waals surface area (Å²) in [6.07, 6.45) is 0.930. The van der Waals surface area contributed by atoms with Crippen LogP contribution in [0.4, 0.5) is 5.69 Å². The van der Waals surface area contributed by atoms with Gasteiger partial charge in [0.15, 0.2) is 9.84 Å². The molecule has 6 heteroatoms. The number of aryl methyl sites for hydroxylation is 2. The molecule has 5 nitrogen and oxygen atoms in total. The molecule has 0 radical (unpaired) electrons. The number of fused-ring (bicyclic) bond motifs is 1.